The molecule has 100 valence electrons. The highest BCUT2D eigenvalue weighted by atomic mass is 35.5. The molecular formula is C12H13ClN4O2. The van der Waals surface area contributed by atoms with E-state index in [0.717, 1.165) is 5.69 Å². The average molecular weight is 281 g/mol. The van der Waals surface area contributed by atoms with Crippen molar-refractivity contribution in [2.45, 2.75) is 25.4 Å². The van der Waals surface area contributed by atoms with E-state index in [2.05, 4.69) is 14.5 Å². The third kappa shape index (κ3) is 2.23. The van der Waals surface area contributed by atoms with E-state index < -0.39 is 0 Å². The summed E-state index contributed by atoms with van der Waals surface area (Å²) in [6.45, 7) is 0.413. The van der Waals surface area contributed by atoms with Gasteiger partial charge in [0.15, 0.2) is 5.15 Å². The van der Waals surface area contributed by atoms with Crippen molar-refractivity contribution in [3.63, 3.8) is 0 Å². The molecule has 19 heavy (non-hydrogen) atoms. The molecule has 2 aromatic rings. The van der Waals surface area contributed by atoms with Crippen LogP contribution in [-0.2, 0) is 6.54 Å². The van der Waals surface area contributed by atoms with Crippen LogP contribution in [0, 0.1) is 0 Å². The molecule has 0 atom stereocenters. The van der Waals surface area contributed by atoms with Gasteiger partial charge in [0.2, 0.25) is 5.75 Å². The molecule has 2 heterocycles. The molecule has 0 N–H and O–H groups in total. The Kier molecular flexibility index (Phi) is 3.02. The first-order chi connectivity index (χ1) is 9.20. The Hall–Kier alpha value is -1.82. The van der Waals surface area contributed by atoms with Gasteiger partial charge in [-0.25, -0.2) is 9.97 Å². The van der Waals surface area contributed by atoms with Gasteiger partial charge in [-0.2, -0.15) is 0 Å². The number of halogens is 1. The summed E-state index contributed by atoms with van der Waals surface area (Å²) in [6.07, 6.45) is 7.34. The summed E-state index contributed by atoms with van der Waals surface area (Å²) in [7, 11) is 1.41. The fourth-order valence-electron chi connectivity index (χ4n) is 2.04. The van der Waals surface area contributed by atoms with Crippen LogP contribution < -0.4 is 10.3 Å². The molecule has 6 nitrogen and oxygen atoms in total. The van der Waals surface area contributed by atoms with Crippen molar-refractivity contribution in [2.75, 3.05) is 7.11 Å². The summed E-state index contributed by atoms with van der Waals surface area (Å²) < 4.78 is 8.55. The zero-order valence-corrected chi connectivity index (χ0v) is 11.2. The fraction of sp³-hybridized carbons (Fsp3) is 0.417. The minimum absolute atomic E-state index is 0.0710. The smallest absolute Gasteiger partial charge is 0.297 e. The molecule has 7 heteroatoms. The maximum absolute atomic E-state index is 12.1. The summed E-state index contributed by atoms with van der Waals surface area (Å²) in [4.78, 5) is 20.2. The predicted molar refractivity (Wildman–Crippen MR) is 69.7 cm³/mol. The lowest BCUT2D eigenvalue weighted by atomic mass is 10.4. The third-order valence-electron chi connectivity index (χ3n) is 3.18. The van der Waals surface area contributed by atoms with Crippen molar-refractivity contribution in [3.8, 4) is 5.75 Å². The van der Waals surface area contributed by atoms with Crippen molar-refractivity contribution in [1.29, 1.82) is 0 Å². The summed E-state index contributed by atoms with van der Waals surface area (Å²) in [5, 5.41) is 0.0828. The first-order valence-corrected chi connectivity index (χ1v) is 6.38. The van der Waals surface area contributed by atoms with Gasteiger partial charge in [-0.3, -0.25) is 9.36 Å². The van der Waals surface area contributed by atoms with Crippen LogP contribution in [0.15, 0.2) is 23.6 Å². The minimum atomic E-state index is -0.286. The third-order valence-corrected chi connectivity index (χ3v) is 3.45. The highest BCUT2D eigenvalue weighted by Gasteiger charge is 2.25. The molecule has 0 aromatic carbocycles. The molecule has 1 saturated carbocycles. The first kappa shape index (κ1) is 12.2. The number of hydrogen-bond acceptors (Lipinski definition) is 4. The van der Waals surface area contributed by atoms with Crippen LogP contribution in [0.2, 0.25) is 5.15 Å². The van der Waals surface area contributed by atoms with Gasteiger partial charge >= 0.3 is 0 Å². The van der Waals surface area contributed by atoms with Gasteiger partial charge in [-0.05, 0) is 12.8 Å². The first-order valence-electron chi connectivity index (χ1n) is 6.00. The van der Waals surface area contributed by atoms with E-state index in [-0.39, 0.29) is 16.5 Å². The molecule has 1 aliphatic carbocycles. The monoisotopic (exact) mass is 280 g/mol. The summed E-state index contributed by atoms with van der Waals surface area (Å²) in [6, 6.07) is 0.523. The van der Waals surface area contributed by atoms with Gasteiger partial charge in [0.1, 0.15) is 0 Å². The van der Waals surface area contributed by atoms with Crippen molar-refractivity contribution < 1.29 is 4.74 Å². The minimum Gasteiger partial charge on any atom is -0.489 e. The summed E-state index contributed by atoms with van der Waals surface area (Å²) in [5.41, 5.74) is 0.696. The van der Waals surface area contributed by atoms with Gasteiger partial charge < -0.3 is 9.30 Å². The maximum atomic E-state index is 12.1. The lowest BCUT2D eigenvalue weighted by Gasteiger charge is -2.10. The van der Waals surface area contributed by atoms with Crippen molar-refractivity contribution in [1.82, 2.24) is 19.1 Å². The number of imidazole rings is 1. The van der Waals surface area contributed by atoms with Gasteiger partial charge in [0.05, 0.1) is 32.0 Å². The van der Waals surface area contributed by atoms with Crippen molar-refractivity contribution in [3.05, 3.63) is 40.1 Å². The maximum Gasteiger partial charge on any atom is 0.297 e. The Morgan fingerprint density at radius 2 is 2.26 bits per heavy atom. The highest BCUT2D eigenvalue weighted by molar-refractivity contribution is 6.30. The predicted octanol–water partition coefficient (Wildman–Crippen LogP) is 1.48. The Bertz CT molecular complexity index is 660. The van der Waals surface area contributed by atoms with Gasteiger partial charge in [-0.1, -0.05) is 11.6 Å². The normalized spacial score (nSPS) is 14.6. The SMILES string of the molecule is COc1c(Cl)ncn(Cc2cncn2C2CC2)c1=O. The Balaban J connectivity index is 1.95. The molecule has 0 amide bonds. The second-order valence-corrected chi connectivity index (χ2v) is 4.88. The van der Waals surface area contributed by atoms with Crippen molar-refractivity contribution in [2.24, 2.45) is 0 Å². The van der Waals surface area contributed by atoms with Gasteiger partial charge in [-0.15, -0.1) is 0 Å². The van der Waals surface area contributed by atoms with E-state index in [0.29, 0.717) is 12.6 Å². The van der Waals surface area contributed by atoms with Gasteiger partial charge in [0.25, 0.3) is 5.56 Å². The molecule has 1 fully saturated rings. The topological polar surface area (TPSA) is 61.9 Å². The lowest BCUT2D eigenvalue weighted by Crippen LogP contribution is -2.23. The van der Waals surface area contributed by atoms with Crippen LogP contribution in [0.1, 0.15) is 24.6 Å². The number of hydrogen-bond donors (Lipinski definition) is 0. The Morgan fingerprint density at radius 1 is 1.47 bits per heavy atom. The van der Waals surface area contributed by atoms with Crippen LogP contribution in [-0.4, -0.2) is 26.2 Å². The van der Waals surface area contributed by atoms with Crippen LogP contribution in [0.4, 0.5) is 0 Å². The van der Waals surface area contributed by atoms with Crippen LogP contribution in [0.5, 0.6) is 5.75 Å². The van der Waals surface area contributed by atoms with E-state index >= 15 is 0 Å². The number of rotatable bonds is 4. The zero-order valence-electron chi connectivity index (χ0n) is 10.4. The second kappa shape index (κ2) is 4.70. The molecule has 0 saturated heterocycles. The number of methoxy groups -OCH3 is 1. The Labute approximate surface area is 114 Å². The second-order valence-electron chi connectivity index (χ2n) is 4.53. The summed E-state index contributed by atoms with van der Waals surface area (Å²) in [5.74, 6) is 0.0710. The molecule has 2 aromatic heterocycles. The van der Waals surface area contributed by atoms with E-state index in [4.69, 9.17) is 16.3 Å². The number of nitrogens with zero attached hydrogens (tertiary/aromatic N) is 4. The van der Waals surface area contributed by atoms with Crippen molar-refractivity contribution >= 4 is 11.6 Å². The molecule has 0 bridgehead atoms. The zero-order chi connectivity index (χ0) is 13.4. The molecular weight excluding hydrogens is 268 g/mol. The molecule has 3 rings (SSSR count). The van der Waals surface area contributed by atoms with E-state index in [1.54, 1.807) is 12.5 Å². The summed E-state index contributed by atoms with van der Waals surface area (Å²) >= 11 is 5.81. The van der Waals surface area contributed by atoms with E-state index in [1.165, 1.54) is 30.8 Å². The fourth-order valence-corrected chi connectivity index (χ4v) is 2.25. The molecule has 0 aliphatic heterocycles. The van der Waals surface area contributed by atoms with E-state index in [9.17, 15) is 4.79 Å². The van der Waals surface area contributed by atoms with Crippen LogP contribution in [0.3, 0.4) is 0 Å². The number of ether oxygens (including phenoxy) is 1. The number of aromatic nitrogens is 4. The Morgan fingerprint density at radius 3 is 2.95 bits per heavy atom. The van der Waals surface area contributed by atoms with Crippen LogP contribution in [0.25, 0.3) is 0 Å². The molecule has 0 radical (unpaired) electrons. The van der Waals surface area contributed by atoms with Crippen LogP contribution >= 0.6 is 11.6 Å². The van der Waals surface area contributed by atoms with Gasteiger partial charge in [0, 0.05) is 12.2 Å². The molecule has 0 unspecified atom stereocenters. The standard InChI is InChI=1S/C12H13ClN4O2/c1-19-10-11(13)15-7-16(12(10)18)5-9-4-14-6-17(9)8-2-3-8/h4,6-8H,2-3,5H2,1H3. The van der Waals surface area contributed by atoms with E-state index in [1.807, 2.05) is 0 Å². The highest BCUT2D eigenvalue weighted by Crippen LogP contribution is 2.35. The largest absolute Gasteiger partial charge is 0.489 e. The quantitative estimate of drug-likeness (QED) is 0.796. The lowest BCUT2D eigenvalue weighted by molar-refractivity contribution is 0.400. The average Bonchev–Trinajstić information content (AvgIpc) is 3.14. The molecule has 0 spiro atoms. The molecule has 1 aliphatic rings.